The van der Waals surface area contributed by atoms with Crippen LogP contribution in [0.2, 0.25) is 0 Å². The monoisotopic (exact) mass is 565 g/mol. The van der Waals surface area contributed by atoms with E-state index in [1.165, 1.54) is 29.6 Å². The van der Waals surface area contributed by atoms with Crippen molar-refractivity contribution >= 4 is 40.0 Å². The molecule has 0 aliphatic rings. The number of hydrogen-bond donors (Lipinski definition) is 3. The highest BCUT2D eigenvalue weighted by molar-refractivity contribution is 14.0. The first kappa shape index (κ1) is 25.8. The molecule has 0 amide bonds. The average molecular weight is 565 g/mol. The van der Waals surface area contributed by atoms with Gasteiger partial charge in [-0.1, -0.05) is 60.7 Å². The summed E-state index contributed by atoms with van der Waals surface area (Å²) in [6, 6.07) is 23.7. The van der Waals surface area contributed by atoms with Crippen molar-refractivity contribution in [2.75, 3.05) is 26.7 Å². The number of guanidine groups is 1. The molecular weight excluding hydrogens is 537 g/mol. The molecule has 0 saturated carbocycles. The molecule has 1 heterocycles. The Labute approximate surface area is 206 Å². The molecule has 0 fully saturated rings. The number of aliphatic imine (C=N–C) groups is 1. The summed E-state index contributed by atoms with van der Waals surface area (Å²) in [6.07, 6.45) is 2.86. The van der Waals surface area contributed by atoms with E-state index in [9.17, 15) is 8.42 Å². The van der Waals surface area contributed by atoms with Crippen molar-refractivity contribution in [2.45, 2.75) is 10.8 Å². The Balaban J connectivity index is 0.00000363. The number of halogens is 1. The highest BCUT2D eigenvalue weighted by Gasteiger charge is 2.15. The van der Waals surface area contributed by atoms with Crippen molar-refractivity contribution in [3.63, 3.8) is 0 Å². The van der Waals surface area contributed by atoms with E-state index < -0.39 is 10.0 Å². The van der Waals surface area contributed by atoms with Crippen LogP contribution in [0.3, 0.4) is 0 Å². The molecule has 0 saturated heterocycles. The van der Waals surface area contributed by atoms with E-state index in [1.807, 2.05) is 36.4 Å². The van der Waals surface area contributed by atoms with Gasteiger partial charge < -0.3 is 10.6 Å². The van der Waals surface area contributed by atoms with Gasteiger partial charge in [-0.3, -0.25) is 9.98 Å². The van der Waals surface area contributed by atoms with E-state index in [2.05, 4.69) is 49.6 Å². The van der Waals surface area contributed by atoms with Gasteiger partial charge in [-0.2, -0.15) is 0 Å². The molecular formula is C23H28IN5O2S. The van der Waals surface area contributed by atoms with E-state index in [0.717, 1.165) is 0 Å². The maximum atomic E-state index is 12.3. The molecule has 0 bridgehead atoms. The standard InChI is InChI=1S/C23H27N5O2S.HI/c1-24-23(26-15-16-28-31(29,30)21-13-8-14-25-17-21)27-18-22(19-9-4-2-5-10-19)20-11-6-3-7-12-20;/h2-14,17,22,28H,15-16,18H2,1H3,(H2,24,26,27);1H. The maximum absolute atomic E-state index is 12.3. The summed E-state index contributed by atoms with van der Waals surface area (Å²) in [5.74, 6) is 0.766. The molecule has 1 aromatic heterocycles. The fourth-order valence-electron chi connectivity index (χ4n) is 3.17. The van der Waals surface area contributed by atoms with Gasteiger partial charge in [0.05, 0.1) is 0 Å². The third-order valence-corrected chi connectivity index (χ3v) is 6.20. The molecule has 3 aromatic rings. The lowest BCUT2D eigenvalue weighted by Crippen LogP contribution is -2.42. The second-order valence-corrected chi connectivity index (χ2v) is 8.61. The molecule has 0 unspecified atom stereocenters. The first-order valence-corrected chi connectivity index (χ1v) is 11.5. The average Bonchev–Trinajstić information content (AvgIpc) is 2.82. The zero-order valence-corrected chi connectivity index (χ0v) is 21.0. The summed E-state index contributed by atoms with van der Waals surface area (Å²) >= 11 is 0. The van der Waals surface area contributed by atoms with Gasteiger partial charge in [0.1, 0.15) is 4.90 Å². The summed E-state index contributed by atoms with van der Waals surface area (Å²) in [4.78, 5) is 8.24. The summed E-state index contributed by atoms with van der Waals surface area (Å²) in [5, 5.41) is 6.50. The van der Waals surface area contributed by atoms with Crippen LogP contribution in [0.4, 0.5) is 0 Å². The number of pyridine rings is 1. The summed E-state index contributed by atoms with van der Waals surface area (Å²) in [6.45, 7) is 1.26. The second kappa shape index (κ2) is 13.1. The van der Waals surface area contributed by atoms with Crippen molar-refractivity contribution in [1.82, 2.24) is 20.3 Å². The van der Waals surface area contributed by atoms with Crippen molar-refractivity contribution < 1.29 is 8.42 Å². The van der Waals surface area contributed by atoms with Gasteiger partial charge in [-0.05, 0) is 23.3 Å². The summed E-state index contributed by atoms with van der Waals surface area (Å²) in [7, 11) is -1.89. The number of hydrogen-bond acceptors (Lipinski definition) is 4. The van der Waals surface area contributed by atoms with Gasteiger partial charge >= 0.3 is 0 Å². The lowest BCUT2D eigenvalue weighted by atomic mass is 9.91. The smallest absolute Gasteiger partial charge is 0.242 e. The van der Waals surface area contributed by atoms with Gasteiger partial charge in [0, 0.05) is 45.0 Å². The van der Waals surface area contributed by atoms with E-state index in [4.69, 9.17) is 0 Å². The van der Waals surface area contributed by atoms with Crippen LogP contribution in [0, 0.1) is 0 Å². The molecule has 170 valence electrons. The minimum absolute atomic E-state index is 0. The minimum atomic E-state index is -3.58. The maximum Gasteiger partial charge on any atom is 0.242 e. The lowest BCUT2D eigenvalue weighted by molar-refractivity contribution is 0.580. The third kappa shape index (κ3) is 7.57. The third-order valence-electron chi connectivity index (χ3n) is 4.76. The molecule has 9 heteroatoms. The number of aromatic nitrogens is 1. The van der Waals surface area contributed by atoms with Gasteiger partial charge in [0.25, 0.3) is 0 Å². The predicted octanol–water partition coefficient (Wildman–Crippen LogP) is 2.98. The van der Waals surface area contributed by atoms with Gasteiger partial charge in [0.15, 0.2) is 5.96 Å². The van der Waals surface area contributed by atoms with Crippen LogP contribution in [0.5, 0.6) is 0 Å². The summed E-state index contributed by atoms with van der Waals surface area (Å²) in [5.41, 5.74) is 2.42. The Hall–Kier alpha value is -2.50. The quantitative estimate of drug-likeness (QED) is 0.161. The van der Waals surface area contributed by atoms with Crippen molar-refractivity contribution in [1.29, 1.82) is 0 Å². The molecule has 7 nitrogen and oxygen atoms in total. The molecule has 2 aromatic carbocycles. The molecule has 0 spiro atoms. The van der Waals surface area contributed by atoms with Crippen LogP contribution in [0.1, 0.15) is 17.0 Å². The molecule has 32 heavy (non-hydrogen) atoms. The minimum Gasteiger partial charge on any atom is -0.355 e. The first-order chi connectivity index (χ1) is 15.1. The largest absolute Gasteiger partial charge is 0.355 e. The van der Waals surface area contributed by atoms with Crippen LogP contribution in [0.25, 0.3) is 0 Å². The molecule has 3 rings (SSSR count). The number of sulfonamides is 1. The van der Waals surface area contributed by atoms with E-state index in [0.29, 0.717) is 19.0 Å². The molecule has 0 atom stereocenters. The van der Waals surface area contributed by atoms with E-state index in [-0.39, 0.29) is 41.3 Å². The molecule has 0 aliphatic carbocycles. The Morgan fingerprint density at radius 2 is 1.53 bits per heavy atom. The number of nitrogens with zero attached hydrogens (tertiary/aromatic N) is 2. The summed E-state index contributed by atoms with van der Waals surface area (Å²) < 4.78 is 27.1. The van der Waals surface area contributed by atoms with Gasteiger partial charge in [0.2, 0.25) is 10.0 Å². The normalized spacial score (nSPS) is 11.6. The number of nitrogens with one attached hydrogen (secondary N) is 3. The SMILES string of the molecule is CN=C(NCCNS(=O)(=O)c1cccnc1)NCC(c1ccccc1)c1ccccc1.I. The van der Waals surface area contributed by atoms with E-state index >= 15 is 0 Å². The fourth-order valence-corrected chi connectivity index (χ4v) is 4.17. The highest BCUT2D eigenvalue weighted by Crippen LogP contribution is 2.23. The zero-order valence-electron chi connectivity index (χ0n) is 17.8. The molecule has 0 aliphatic heterocycles. The van der Waals surface area contributed by atoms with Crippen LogP contribution in [-0.2, 0) is 10.0 Å². The second-order valence-electron chi connectivity index (χ2n) is 6.84. The van der Waals surface area contributed by atoms with Gasteiger partial charge in [-0.25, -0.2) is 13.1 Å². The Morgan fingerprint density at radius 3 is 2.06 bits per heavy atom. The van der Waals surface area contributed by atoms with Crippen LogP contribution < -0.4 is 15.4 Å². The van der Waals surface area contributed by atoms with Crippen molar-refractivity contribution in [2.24, 2.45) is 4.99 Å². The molecule has 3 N–H and O–H groups in total. The van der Waals surface area contributed by atoms with Crippen LogP contribution >= 0.6 is 24.0 Å². The van der Waals surface area contributed by atoms with Crippen LogP contribution in [-0.4, -0.2) is 46.0 Å². The highest BCUT2D eigenvalue weighted by atomic mass is 127. The van der Waals surface area contributed by atoms with Crippen LogP contribution in [0.15, 0.2) is 95.1 Å². The molecule has 0 radical (unpaired) electrons. The fraction of sp³-hybridized carbons (Fsp3) is 0.217. The van der Waals surface area contributed by atoms with E-state index in [1.54, 1.807) is 13.1 Å². The van der Waals surface area contributed by atoms with Gasteiger partial charge in [-0.15, -0.1) is 24.0 Å². The Morgan fingerprint density at radius 1 is 0.906 bits per heavy atom. The Kier molecular flexibility index (Phi) is 10.6. The predicted molar refractivity (Wildman–Crippen MR) is 139 cm³/mol. The Bertz CT molecular complexity index is 1030. The first-order valence-electron chi connectivity index (χ1n) is 10.0. The van der Waals surface area contributed by atoms with Crippen molar-refractivity contribution in [3.8, 4) is 0 Å². The number of rotatable bonds is 9. The zero-order chi connectivity index (χ0) is 21.9. The van der Waals surface area contributed by atoms with Crippen molar-refractivity contribution in [3.05, 3.63) is 96.3 Å². The lowest BCUT2D eigenvalue weighted by Gasteiger charge is -2.20. The number of benzene rings is 2. The topological polar surface area (TPSA) is 95.5 Å².